The van der Waals surface area contributed by atoms with Gasteiger partial charge in [-0.15, -0.1) is 5.10 Å². The van der Waals surface area contributed by atoms with Gasteiger partial charge in [-0.05, 0) is 28.1 Å². The van der Waals surface area contributed by atoms with Crippen LogP contribution in [0.4, 0.5) is 0 Å². The van der Waals surface area contributed by atoms with E-state index < -0.39 is 10.0 Å². The van der Waals surface area contributed by atoms with Crippen LogP contribution in [-0.4, -0.2) is 51.8 Å². The lowest BCUT2D eigenvalue weighted by Crippen LogP contribution is -2.11. The summed E-state index contributed by atoms with van der Waals surface area (Å²) in [6.07, 6.45) is 6.65. The van der Waals surface area contributed by atoms with Crippen LogP contribution >= 0.6 is 15.9 Å². The normalized spacial score (nSPS) is 11.6. The summed E-state index contributed by atoms with van der Waals surface area (Å²) in [5.41, 5.74) is 2.61. The van der Waals surface area contributed by atoms with Gasteiger partial charge in [0.25, 0.3) is 10.0 Å². The molecule has 33 heavy (non-hydrogen) atoms. The third-order valence-corrected chi connectivity index (χ3v) is 6.38. The van der Waals surface area contributed by atoms with E-state index in [1.165, 1.54) is 6.20 Å². The van der Waals surface area contributed by atoms with Crippen molar-refractivity contribution in [1.29, 1.82) is 0 Å². The van der Waals surface area contributed by atoms with Gasteiger partial charge in [0, 0.05) is 24.4 Å². The van der Waals surface area contributed by atoms with E-state index in [-0.39, 0.29) is 0 Å². The predicted octanol–water partition coefficient (Wildman–Crippen LogP) is 3.89. The molecule has 4 rings (SSSR count). The number of fused-ring (bicyclic) bond motifs is 1. The van der Waals surface area contributed by atoms with Gasteiger partial charge in [-0.1, -0.05) is 30.9 Å². The summed E-state index contributed by atoms with van der Waals surface area (Å²) in [4.78, 5) is 4.43. The highest BCUT2D eigenvalue weighted by atomic mass is 79.9. The summed E-state index contributed by atoms with van der Waals surface area (Å²) in [5.74, 6) is 1.34. The van der Waals surface area contributed by atoms with Gasteiger partial charge in [0.1, 0.15) is 15.9 Å². The van der Waals surface area contributed by atoms with Crippen molar-refractivity contribution in [3.63, 3.8) is 0 Å². The zero-order valence-electron chi connectivity index (χ0n) is 18.1. The van der Waals surface area contributed by atoms with Crippen molar-refractivity contribution in [1.82, 2.24) is 24.0 Å². The second-order valence-corrected chi connectivity index (χ2v) is 9.83. The van der Waals surface area contributed by atoms with Crippen LogP contribution in [-0.2, 0) is 17.1 Å². The molecule has 3 heterocycles. The van der Waals surface area contributed by atoms with E-state index in [1.54, 1.807) is 30.1 Å². The van der Waals surface area contributed by atoms with Crippen molar-refractivity contribution < 1.29 is 17.9 Å². The number of benzene rings is 1. The topological polar surface area (TPSA) is 101 Å². The van der Waals surface area contributed by atoms with E-state index in [0.717, 1.165) is 21.7 Å². The number of rotatable bonds is 9. The molecule has 0 bridgehead atoms. The van der Waals surface area contributed by atoms with Crippen LogP contribution in [0.3, 0.4) is 0 Å². The fraction of sp³-hybridized carbons (Fsp3) is 0.227. The zero-order chi connectivity index (χ0) is 23.6. The van der Waals surface area contributed by atoms with Gasteiger partial charge >= 0.3 is 0 Å². The van der Waals surface area contributed by atoms with Crippen LogP contribution in [0.1, 0.15) is 12.0 Å². The highest BCUT2D eigenvalue weighted by molar-refractivity contribution is 9.10. The maximum absolute atomic E-state index is 12.0. The molecule has 0 aliphatic rings. The van der Waals surface area contributed by atoms with Gasteiger partial charge in [0.15, 0.2) is 0 Å². The molecule has 0 N–H and O–H groups in total. The lowest BCUT2D eigenvalue weighted by molar-refractivity contribution is 0.236. The molecule has 0 atom stereocenters. The van der Waals surface area contributed by atoms with E-state index in [0.29, 0.717) is 52.3 Å². The summed E-state index contributed by atoms with van der Waals surface area (Å²) in [6.45, 7) is 4.70. The number of hydrogen-bond donors (Lipinski definition) is 0. The van der Waals surface area contributed by atoms with Crippen molar-refractivity contribution in [2.75, 3.05) is 19.5 Å². The Kier molecular flexibility index (Phi) is 6.52. The van der Waals surface area contributed by atoms with Crippen LogP contribution in [0.15, 0.2) is 53.9 Å². The molecule has 0 spiro atoms. The first-order valence-electron chi connectivity index (χ1n) is 10.0. The molecule has 0 saturated heterocycles. The van der Waals surface area contributed by atoms with Crippen molar-refractivity contribution in [2.45, 2.75) is 6.42 Å². The predicted molar refractivity (Wildman–Crippen MR) is 130 cm³/mol. The molecular weight excluding hydrogens is 510 g/mol. The average Bonchev–Trinajstić information content (AvgIpc) is 3.33. The minimum atomic E-state index is -3.56. The summed E-state index contributed by atoms with van der Waals surface area (Å²) in [5, 5.41) is 8.97. The number of aromatic nitrogens is 5. The monoisotopic (exact) mass is 531 g/mol. The second-order valence-electron chi connectivity index (χ2n) is 7.26. The minimum Gasteiger partial charge on any atom is -0.493 e. The molecule has 9 nitrogen and oxygen atoms in total. The highest BCUT2D eigenvalue weighted by Gasteiger charge is 2.19. The molecule has 11 heteroatoms. The Morgan fingerprint density at radius 1 is 1.18 bits per heavy atom. The fourth-order valence-electron chi connectivity index (χ4n) is 3.32. The Bertz CT molecular complexity index is 1430. The van der Waals surface area contributed by atoms with Crippen molar-refractivity contribution in [3.05, 3.63) is 59.5 Å². The highest BCUT2D eigenvalue weighted by Crippen LogP contribution is 2.32. The minimum absolute atomic E-state index is 0.386. The van der Waals surface area contributed by atoms with Crippen molar-refractivity contribution >= 4 is 42.9 Å². The third kappa shape index (κ3) is 4.79. The molecule has 172 valence electrons. The number of para-hydroxylation sites is 1. The molecule has 0 aliphatic heterocycles. The maximum Gasteiger partial charge on any atom is 0.251 e. The Balaban J connectivity index is 1.48. The molecule has 0 amide bonds. The number of nitrogens with zero attached hydrogens (tertiary/aromatic N) is 5. The molecule has 3 aromatic heterocycles. The molecule has 0 saturated carbocycles. The largest absolute Gasteiger partial charge is 0.493 e. The van der Waals surface area contributed by atoms with Crippen LogP contribution in [0.25, 0.3) is 28.2 Å². The molecule has 4 aromatic rings. The first kappa shape index (κ1) is 23.0. The Hall–Kier alpha value is -3.18. The third-order valence-electron chi connectivity index (χ3n) is 4.89. The zero-order valence-corrected chi connectivity index (χ0v) is 20.5. The number of ether oxygens (including phenoxy) is 2. The Labute approximate surface area is 199 Å². The van der Waals surface area contributed by atoms with Gasteiger partial charge in [0.05, 0.1) is 43.1 Å². The standard InChI is InChI=1S/C22H22BrN5O4S/c1-4-15-8-5-6-9-20(15)31-10-7-11-32-22-17(13-25-27(22)2)18-12-16-19(14-24-18)28(26-21(16)23)33(3,29)30/h4-6,8-9,12-14H,1,7,10-11H2,2-3H3. The lowest BCUT2D eigenvalue weighted by Gasteiger charge is -2.11. The van der Waals surface area contributed by atoms with Crippen molar-refractivity contribution in [3.8, 4) is 22.9 Å². The number of halogens is 1. The van der Waals surface area contributed by atoms with E-state index >= 15 is 0 Å². The summed E-state index contributed by atoms with van der Waals surface area (Å²) in [6, 6.07) is 9.47. The molecule has 0 aliphatic carbocycles. The van der Waals surface area contributed by atoms with E-state index in [2.05, 4.69) is 37.7 Å². The van der Waals surface area contributed by atoms with Crippen LogP contribution < -0.4 is 9.47 Å². The van der Waals surface area contributed by atoms with E-state index in [9.17, 15) is 8.42 Å². The van der Waals surface area contributed by atoms with E-state index in [1.807, 2.05) is 24.3 Å². The van der Waals surface area contributed by atoms with Gasteiger partial charge in [-0.25, -0.2) is 13.1 Å². The Morgan fingerprint density at radius 2 is 1.94 bits per heavy atom. The number of pyridine rings is 1. The fourth-order valence-corrected chi connectivity index (χ4v) is 4.63. The first-order valence-corrected chi connectivity index (χ1v) is 12.7. The Morgan fingerprint density at radius 3 is 2.70 bits per heavy atom. The first-order chi connectivity index (χ1) is 15.8. The average molecular weight is 532 g/mol. The molecule has 0 unspecified atom stereocenters. The number of hydrogen-bond acceptors (Lipinski definition) is 7. The summed E-state index contributed by atoms with van der Waals surface area (Å²) < 4.78 is 38.8. The van der Waals surface area contributed by atoms with Gasteiger partial charge in [-0.3, -0.25) is 4.98 Å². The molecule has 0 radical (unpaired) electrons. The molecular formula is C22H22BrN5O4S. The van der Waals surface area contributed by atoms with Crippen LogP contribution in [0.2, 0.25) is 0 Å². The summed E-state index contributed by atoms with van der Waals surface area (Å²) >= 11 is 3.33. The van der Waals surface area contributed by atoms with Gasteiger partial charge < -0.3 is 9.47 Å². The quantitative estimate of drug-likeness (QED) is 0.302. The number of aryl methyl sites for hydroxylation is 1. The van der Waals surface area contributed by atoms with Crippen LogP contribution in [0, 0.1) is 0 Å². The lowest BCUT2D eigenvalue weighted by atomic mass is 10.2. The smallest absolute Gasteiger partial charge is 0.251 e. The van der Waals surface area contributed by atoms with Crippen LogP contribution in [0.5, 0.6) is 11.6 Å². The van der Waals surface area contributed by atoms with Gasteiger partial charge in [-0.2, -0.15) is 9.19 Å². The maximum atomic E-state index is 12.0. The molecule has 1 aromatic carbocycles. The van der Waals surface area contributed by atoms with Gasteiger partial charge in [0.2, 0.25) is 5.88 Å². The second kappa shape index (κ2) is 9.36. The molecule has 0 fully saturated rings. The SMILES string of the molecule is C=Cc1ccccc1OCCCOc1c(-c2cc3c(Br)nn(S(C)(=O)=O)c3cn2)cnn1C. The van der Waals surface area contributed by atoms with Crippen molar-refractivity contribution in [2.24, 2.45) is 7.05 Å². The van der Waals surface area contributed by atoms with E-state index in [4.69, 9.17) is 9.47 Å². The summed E-state index contributed by atoms with van der Waals surface area (Å²) in [7, 11) is -1.77.